The zero-order chi connectivity index (χ0) is 25.1. The Kier molecular flexibility index (Phi) is 15.6. The maximum Gasteiger partial charge on any atom is 2.00 e. The number of hydrogen-bond donors (Lipinski definition) is 0. The Morgan fingerprint density at radius 2 is 0.615 bits per heavy atom. The average Bonchev–Trinajstić information content (AvgIpc) is 2.89. The maximum absolute atomic E-state index is 13.7. The Labute approximate surface area is 256 Å². The Balaban J connectivity index is 0.00000253. The van der Waals surface area contributed by atoms with E-state index in [1.54, 1.807) is 97.1 Å². The van der Waals surface area contributed by atoms with Crippen LogP contribution in [0.2, 0.25) is 0 Å². The number of unbranched alkanes of at least 4 members (excludes halogenated alkanes) is 1. The zero-order valence-electron chi connectivity index (χ0n) is 20.8. The van der Waals surface area contributed by atoms with Crippen molar-refractivity contribution in [2.75, 3.05) is 12.3 Å². The van der Waals surface area contributed by atoms with Crippen LogP contribution in [-0.2, 0) is 29.6 Å². The topological polar surface area (TPSA) is 71.1 Å². The molecule has 0 aliphatic rings. The fraction of sp³-hybridized carbons (Fsp3) is 0.143. The largest absolute Gasteiger partial charge is 2.00 e. The Hall–Kier alpha value is -2.22. The van der Waals surface area contributed by atoms with E-state index in [9.17, 15) is 9.13 Å². The van der Waals surface area contributed by atoms with Gasteiger partial charge in [0, 0.05) is 0 Å². The van der Waals surface area contributed by atoms with E-state index in [0.717, 1.165) is 0 Å². The summed E-state index contributed by atoms with van der Waals surface area (Å²) < 4.78 is 50.7. The van der Waals surface area contributed by atoms with Gasteiger partial charge in [-0.3, -0.25) is 0 Å². The molecule has 0 spiro atoms. The van der Waals surface area contributed by atoms with Gasteiger partial charge in [0.2, 0.25) is 0 Å². The van der Waals surface area contributed by atoms with Crippen LogP contribution in [0.1, 0.15) is 12.8 Å². The van der Waals surface area contributed by atoms with Crippen molar-refractivity contribution in [2.24, 2.45) is 0 Å². The van der Waals surface area contributed by atoms with Crippen molar-refractivity contribution in [1.82, 2.24) is 0 Å². The van der Waals surface area contributed by atoms with Crippen molar-refractivity contribution in [3.8, 4) is 23.0 Å². The van der Waals surface area contributed by atoms with Crippen molar-refractivity contribution in [3.63, 3.8) is 0 Å². The number of para-hydroxylation sites is 4. The second-order valence-electron chi connectivity index (χ2n) is 7.99. The molecular weight excluding hydrogens is 672 g/mol. The van der Waals surface area contributed by atoms with Gasteiger partial charge in [0.05, 0.1) is 12.3 Å². The van der Waals surface area contributed by atoms with Gasteiger partial charge in [0.25, 0.3) is 0 Å². The van der Waals surface area contributed by atoms with E-state index < -0.39 is 15.2 Å². The summed E-state index contributed by atoms with van der Waals surface area (Å²) >= 11 is 0. The van der Waals surface area contributed by atoms with Crippen LogP contribution in [0, 0.1) is 0 Å². The van der Waals surface area contributed by atoms with Crippen molar-refractivity contribution in [3.05, 3.63) is 121 Å². The molecule has 4 aromatic carbocycles. The fourth-order valence-electron chi connectivity index (χ4n) is 3.40. The van der Waals surface area contributed by atoms with Gasteiger partial charge in [-0.15, -0.1) is 0 Å². The van der Waals surface area contributed by atoms with Gasteiger partial charge >= 0.3 is 35.6 Å². The first-order valence-electron chi connectivity index (χ1n) is 11.7. The molecule has 0 fully saturated rings. The van der Waals surface area contributed by atoms with Gasteiger partial charge in [-0.1, -0.05) is 72.8 Å². The normalized spacial score (nSPS) is 10.6. The second kappa shape index (κ2) is 17.5. The molecule has 0 saturated carbocycles. The third-order valence-corrected chi connectivity index (χ3v) is 8.75. The summed E-state index contributed by atoms with van der Waals surface area (Å²) in [7, 11) is -7.10. The molecule has 11 heteroatoms. The van der Waals surface area contributed by atoms with Crippen molar-refractivity contribution < 1.29 is 72.5 Å². The maximum atomic E-state index is 13.7. The van der Waals surface area contributed by atoms with Crippen LogP contribution in [0.15, 0.2) is 121 Å². The fourth-order valence-corrected chi connectivity index (χ4v) is 6.83. The van der Waals surface area contributed by atoms with E-state index in [4.69, 9.17) is 18.1 Å². The van der Waals surface area contributed by atoms with Gasteiger partial charge in [-0.25, -0.2) is 9.13 Å². The van der Waals surface area contributed by atoms with Gasteiger partial charge < -0.3 is 42.9 Å². The molecule has 0 unspecified atom stereocenters. The third kappa shape index (κ3) is 11.8. The van der Waals surface area contributed by atoms with Crippen LogP contribution < -0.4 is 42.9 Å². The molecule has 0 aliphatic heterocycles. The summed E-state index contributed by atoms with van der Waals surface area (Å²) in [5.41, 5.74) is 0. The summed E-state index contributed by atoms with van der Waals surface area (Å²) in [6, 6.07) is 35.7. The molecule has 0 saturated heterocycles. The van der Waals surface area contributed by atoms with Crippen LogP contribution in [0.5, 0.6) is 23.0 Å². The van der Waals surface area contributed by atoms with E-state index >= 15 is 0 Å². The first-order valence-corrected chi connectivity index (χ1v) is 15.1. The van der Waals surface area contributed by atoms with Gasteiger partial charge in [-0.2, -0.15) is 0 Å². The number of hydrogen-bond acceptors (Lipinski definition) is 6. The number of benzene rings is 4. The molecule has 210 valence electrons. The zero-order valence-corrected chi connectivity index (χ0v) is 25.6. The molecule has 39 heavy (non-hydrogen) atoms. The van der Waals surface area contributed by atoms with Crippen LogP contribution in [0.25, 0.3) is 0 Å². The summed E-state index contributed by atoms with van der Waals surface area (Å²) in [5.74, 6) is 1.84. The van der Waals surface area contributed by atoms with Gasteiger partial charge in [0.1, 0.15) is 23.0 Å². The van der Waals surface area contributed by atoms with E-state index in [2.05, 4.69) is 0 Å². The summed E-state index contributed by atoms with van der Waals surface area (Å²) in [4.78, 5) is 0. The van der Waals surface area contributed by atoms with E-state index in [-0.39, 0.29) is 57.6 Å². The summed E-state index contributed by atoms with van der Waals surface area (Å²) in [6.45, 7) is 0. The first kappa shape index (κ1) is 34.8. The first-order chi connectivity index (χ1) is 17.5. The van der Waals surface area contributed by atoms with Crippen LogP contribution in [0.3, 0.4) is 0 Å². The van der Waals surface area contributed by atoms with Crippen LogP contribution >= 0.6 is 15.2 Å². The van der Waals surface area contributed by atoms with Crippen molar-refractivity contribution >= 4 is 15.2 Å². The molecule has 0 bridgehead atoms. The molecule has 6 nitrogen and oxygen atoms in total. The number of rotatable bonds is 13. The van der Waals surface area contributed by atoms with E-state index in [0.29, 0.717) is 35.8 Å². The molecule has 4 aromatic rings. The minimum absolute atomic E-state index is 0. The molecule has 0 atom stereocenters. The van der Waals surface area contributed by atoms with Crippen LogP contribution in [0.4, 0.5) is 0 Å². The molecule has 0 N–H and O–H groups in total. The monoisotopic (exact) mass is 698 g/mol. The molecule has 0 heterocycles. The molecular formula is C28H28Cl2O6P2Pd. The SMILES string of the molecule is O=P(CCCCP(=O)(Oc1ccccc1)Oc1ccccc1)(Oc1ccccc1)Oc1ccccc1.[Cl-].[Cl-].[Pd+2]. The third-order valence-electron chi connectivity index (χ3n) is 5.06. The molecule has 0 aromatic heterocycles. The Morgan fingerprint density at radius 1 is 0.410 bits per heavy atom. The van der Waals surface area contributed by atoms with Crippen molar-refractivity contribution in [2.45, 2.75) is 12.8 Å². The second-order valence-corrected chi connectivity index (χ2v) is 12.1. The van der Waals surface area contributed by atoms with Gasteiger partial charge in [-0.05, 0) is 61.4 Å². The predicted octanol–water partition coefficient (Wildman–Crippen LogP) is 2.47. The molecule has 0 aliphatic carbocycles. The Morgan fingerprint density at radius 3 is 0.821 bits per heavy atom. The predicted molar refractivity (Wildman–Crippen MR) is 142 cm³/mol. The smallest absolute Gasteiger partial charge is 1.00 e. The van der Waals surface area contributed by atoms with Gasteiger partial charge in [0.15, 0.2) is 0 Å². The minimum Gasteiger partial charge on any atom is -1.00 e. The molecule has 0 amide bonds. The molecule has 0 radical (unpaired) electrons. The summed E-state index contributed by atoms with van der Waals surface area (Å²) in [5, 5.41) is 0. The average molecular weight is 700 g/mol. The Bertz CT molecular complexity index is 1110. The van der Waals surface area contributed by atoms with Crippen LogP contribution in [-0.4, -0.2) is 12.3 Å². The summed E-state index contributed by atoms with van der Waals surface area (Å²) in [6.07, 6.45) is 1.12. The van der Waals surface area contributed by atoms with E-state index in [1.807, 2.05) is 24.3 Å². The molecule has 4 rings (SSSR count). The van der Waals surface area contributed by atoms with E-state index in [1.165, 1.54) is 0 Å². The number of halogens is 2. The minimum atomic E-state index is -3.55. The standard InChI is InChI=1S/C28H28O6P2.2ClH.Pd/c29-35(31-25-15-5-1-6-16-25,32-26-17-7-2-8-18-26)23-13-14-24-36(30,33-27-19-9-3-10-20-27)34-28-21-11-4-12-22-28;;;/h1-12,15-22H,13-14,23-24H2;2*1H;/q;;;+2/p-2. The quantitative estimate of drug-likeness (QED) is 0.122. The van der Waals surface area contributed by atoms with Crippen molar-refractivity contribution in [1.29, 1.82) is 0 Å².